The Morgan fingerprint density at radius 1 is 0.667 bits per heavy atom. The molecule has 4 N–H and O–H groups in total. The monoisotopic (exact) mass is 806 g/mol. The molecule has 0 aliphatic carbocycles. The summed E-state index contributed by atoms with van der Waals surface area (Å²) in [5, 5.41) is 19.9. The number of benzene rings is 4. The first-order chi connectivity index (χ1) is 25.1. The second kappa shape index (κ2) is 17.5. The minimum absolute atomic E-state index is 0.00305. The number of esters is 2. The zero-order chi connectivity index (χ0) is 40.9. The van der Waals surface area contributed by atoms with Crippen molar-refractivity contribution < 1.29 is 55.9 Å². The maximum atomic E-state index is 13.1. The van der Waals surface area contributed by atoms with Gasteiger partial charge in [-0.1, -0.05) is 35.4 Å². The maximum Gasteiger partial charge on any atom is 0.341 e. The van der Waals surface area contributed by atoms with Gasteiger partial charge in [0.1, 0.15) is 28.6 Å². The van der Waals surface area contributed by atoms with Gasteiger partial charge in [0.15, 0.2) is 0 Å². The van der Waals surface area contributed by atoms with E-state index in [1.807, 2.05) is 6.92 Å². The molecule has 54 heavy (non-hydrogen) atoms. The summed E-state index contributed by atoms with van der Waals surface area (Å²) in [6.07, 6.45) is 0. The van der Waals surface area contributed by atoms with Gasteiger partial charge >= 0.3 is 11.9 Å². The zero-order valence-corrected chi connectivity index (χ0v) is 33.8. The summed E-state index contributed by atoms with van der Waals surface area (Å²) in [5.74, 6) is -1.96. The second-order valence-corrected chi connectivity index (χ2v) is 15.9. The number of ether oxygens (including phenoxy) is 2. The van der Waals surface area contributed by atoms with Crippen LogP contribution in [-0.4, -0.2) is 60.3 Å². The normalized spacial score (nSPS) is 11.3. The van der Waals surface area contributed by atoms with Crippen LogP contribution in [0.15, 0.2) is 52.3 Å². The number of anilines is 2. The van der Waals surface area contributed by atoms with Crippen molar-refractivity contribution in [1.82, 2.24) is 0 Å². The summed E-state index contributed by atoms with van der Waals surface area (Å²) >= 11 is 6.05. The predicted octanol–water partition coefficient (Wildman–Crippen LogP) is 6.85. The molecule has 14 nitrogen and oxygen atoms in total. The molecule has 0 bridgehead atoms. The SMILES string of the molecule is COC(=O)c1cc(NS(=O)(=O)c2c(C)cc(C)cc2C)c(C)c(Cl)c1O.COOCc1ccc(C(=O)OC)c(S(=O)(=O)Nc2cc(C)c(O)c(C)c2C)c1. The Bertz CT molecular complexity index is 2300. The van der Waals surface area contributed by atoms with Gasteiger partial charge < -0.3 is 19.7 Å². The summed E-state index contributed by atoms with van der Waals surface area (Å²) in [6, 6.07) is 10.5. The summed E-state index contributed by atoms with van der Waals surface area (Å²) in [4.78, 5) is 33.2. The Morgan fingerprint density at radius 3 is 1.76 bits per heavy atom. The van der Waals surface area contributed by atoms with Crippen molar-refractivity contribution in [2.75, 3.05) is 30.8 Å². The van der Waals surface area contributed by atoms with Gasteiger partial charge in [0.25, 0.3) is 20.0 Å². The van der Waals surface area contributed by atoms with E-state index in [4.69, 9.17) is 21.2 Å². The van der Waals surface area contributed by atoms with E-state index in [0.29, 0.717) is 44.6 Å². The van der Waals surface area contributed by atoms with Gasteiger partial charge in [-0.3, -0.25) is 9.44 Å². The van der Waals surface area contributed by atoms with Crippen LogP contribution in [0.3, 0.4) is 0 Å². The molecule has 4 aromatic carbocycles. The Balaban J connectivity index is 0.000000291. The molecule has 0 saturated carbocycles. The molecule has 0 aliphatic rings. The number of nitrogens with one attached hydrogen (secondary N) is 2. The van der Waals surface area contributed by atoms with Crippen LogP contribution in [0.25, 0.3) is 0 Å². The Kier molecular flexibility index (Phi) is 14.1. The van der Waals surface area contributed by atoms with Gasteiger partial charge in [-0.15, -0.1) is 0 Å². The molecular weight excluding hydrogens is 764 g/mol. The van der Waals surface area contributed by atoms with Crippen molar-refractivity contribution in [2.24, 2.45) is 0 Å². The smallest absolute Gasteiger partial charge is 0.341 e. The summed E-state index contributed by atoms with van der Waals surface area (Å²) < 4.78 is 66.2. The van der Waals surface area contributed by atoms with Crippen LogP contribution in [0.5, 0.6) is 11.5 Å². The van der Waals surface area contributed by atoms with E-state index in [1.54, 1.807) is 52.8 Å². The molecule has 0 spiro atoms. The number of rotatable bonds is 11. The molecule has 0 aliphatic heterocycles. The lowest BCUT2D eigenvalue weighted by molar-refractivity contribution is -0.282. The van der Waals surface area contributed by atoms with E-state index in [9.17, 15) is 36.6 Å². The fourth-order valence-electron chi connectivity index (χ4n) is 5.55. The fraction of sp³-hybridized carbons (Fsp3) is 0.297. The Hall–Kier alpha value is -4.87. The topological polar surface area (TPSA) is 204 Å². The highest BCUT2D eigenvalue weighted by molar-refractivity contribution is 7.93. The molecular formula is C37H43ClN2O12S2. The quantitative estimate of drug-likeness (QED) is 0.0532. The number of carbonyl (C=O) groups is 2. The average molecular weight is 807 g/mol. The summed E-state index contributed by atoms with van der Waals surface area (Å²) in [7, 11) is -4.42. The molecule has 0 radical (unpaired) electrons. The number of hydrogen-bond acceptors (Lipinski definition) is 12. The molecule has 4 aromatic rings. The number of hydrogen-bond donors (Lipinski definition) is 4. The standard InChI is InChI=1S/C19H23NO7S.C18H20ClNO5S/c1-11-8-16(12(2)13(3)18(11)21)20-28(23,24)17-9-14(10-27-26-5)6-7-15(17)19(22)25-4;1-9-6-10(2)17(11(3)7-9)26(23,24)20-14-8-13(18(22)25-5)16(21)15(19)12(14)4/h6-9,20-21H,10H2,1-5H3;6-8,20-21H,1-5H3. The van der Waals surface area contributed by atoms with Crippen LogP contribution < -0.4 is 9.44 Å². The number of halogens is 1. The Labute approximate surface area is 320 Å². The first-order valence-corrected chi connectivity index (χ1v) is 19.4. The van der Waals surface area contributed by atoms with Gasteiger partial charge in [-0.25, -0.2) is 36.2 Å². The number of carbonyl (C=O) groups excluding carboxylic acids is 2. The number of sulfonamides is 2. The maximum absolute atomic E-state index is 13.1. The van der Waals surface area contributed by atoms with Crippen molar-refractivity contribution in [1.29, 1.82) is 0 Å². The third-order valence-corrected chi connectivity index (χ3v) is 11.9. The first-order valence-electron chi connectivity index (χ1n) is 16.0. The first kappa shape index (κ1) is 43.5. The van der Waals surface area contributed by atoms with E-state index >= 15 is 0 Å². The second-order valence-electron chi connectivity index (χ2n) is 12.3. The van der Waals surface area contributed by atoms with E-state index in [2.05, 4.69) is 19.1 Å². The van der Waals surface area contributed by atoms with Gasteiger partial charge in [0.05, 0.1) is 48.2 Å². The minimum Gasteiger partial charge on any atom is -0.507 e. The van der Waals surface area contributed by atoms with E-state index in [0.717, 1.165) is 12.7 Å². The predicted molar refractivity (Wildman–Crippen MR) is 203 cm³/mol. The highest BCUT2D eigenvalue weighted by Crippen LogP contribution is 2.38. The number of phenolic OH excluding ortho intramolecular Hbond substituents is 2. The molecule has 0 unspecified atom stereocenters. The lowest BCUT2D eigenvalue weighted by Gasteiger charge is -2.17. The van der Waals surface area contributed by atoms with Crippen LogP contribution in [0.2, 0.25) is 5.02 Å². The molecule has 0 atom stereocenters. The third kappa shape index (κ3) is 9.62. The largest absolute Gasteiger partial charge is 0.507 e. The summed E-state index contributed by atoms with van der Waals surface area (Å²) in [6.45, 7) is 11.9. The van der Waals surface area contributed by atoms with E-state index in [-0.39, 0.29) is 44.0 Å². The van der Waals surface area contributed by atoms with Crippen molar-refractivity contribution in [2.45, 2.75) is 64.9 Å². The molecule has 0 saturated heterocycles. The molecule has 292 valence electrons. The van der Waals surface area contributed by atoms with Gasteiger partial charge in [0, 0.05) is 0 Å². The third-order valence-electron chi connectivity index (χ3n) is 8.39. The Morgan fingerprint density at radius 2 is 1.20 bits per heavy atom. The van der Waals surface area contributed by atoms with Crippen LogP contribution in [-0.2, 0) is 45.9 Å². The van der Waals surface area contributed by atoms with Crippen molar-refractivity contribution >= 4 is 55.0 Å². The van der Waals surface area contributed by atoms with Crippen molar-refractivity contribution in [3.63, 3.8) is 0 Å². The number of aromatic hydroxyl groups is 2. The lowest BCUT2D eigenvalue weighted by Crippen LogP contribution is -2.19. The average Bonchev–Trinajstić information content (AvgIpc) is 3.11. The van der Waals surface area contributed by atoms with Crippen LogP contribution >= 0.6 is 11.6 Å². The lowest BCUT2D eigenvalue weighted by atomic mass is 10.0. The number of methoxy groups -OCH3 is 2. The van der Waals surface area contributed by atoms with Crippen LogP contribution in [0, 0.1) is 48.5 Å². The van der Waals surface area contributed by atoms with E-state index < -0.39 is 37.7 Å². The van der Waals surface area contributed by atoms with Crippen LogP contribution in [0.4, 0.5) is 11.4 Å². The zero-order valence-electron chi connectivity index (χ0n) is 31.4. The molecule has 0 heterocycles. The van der Waals surface area contributed by atoms with Gasteiger partial charge in [-0.2, -0.15) is 0 Å². The van der Waals surface area contributed by atoms with Crippen molar-refractivity contribution in [3.8, 4) is 11.5 Å². The number of phenols is 2. The molecule has 0 fully saturated rings. The van der Waals surface area contributed by atoms with Gasteiger partial charge in [-0.05, 0) is 112 Å². The van der Waals surface area contributed by atoms with Gasteiger partial charge in [0.2, 0.25) is 0 Å². The van der Waals surface area contributed by atoms with Crippen LogP contribution in [0.1, 0.15) is 65.2 Å². The number of aryl methyl sites for hydroxylation is 4. The van der Waals surface area contributed by atoms with E-state index in [1.165, 1.54) is 45.4 Å². The highest BCUT2D eigenvalue weighted by atomic mass is 35.5. The molecule has 0 amide bonds. The molecule has 0 aromatic heterocycles. The molecule has 17 heteroatoms. The molecule has 4 rings (SSSR count). The van der Waals surface area contributed by atoms with Crippen molar-refractivity contribution in [3.05, 3.63) is 103 Å². The highest BCUT2D eigenvalue weighted by Gasteiger charge is 2.27. The summed E-state index contributed by atoms with van der Waals surface area (Å²) in [5.41, 5.74) is 4.67. The minimum atomic E-state index is -4.14. The fourth-order valence-corrected chi connectivity index (χ4v) is 8.68.